The van der Waals surface area contributed by atoms with E-state index in [4.69, 9.17) is 5.26 Å². The molecule has 2 nitrogen and oxygen atoms in total. The number of rotatable bonds is 2. The molecule has 0 aliphatic rings. The van der Waals surface area contributed by atoms with Crippen molar-refractivity contribution >= 4 is 10.9 Å². The van der Waals surface area contributed by atoms with Gasteiger partial charge in [0.1, 0.15) is 6.07 Å². The molecular formula is C12H6F6N2. The van der Waals surface area contributed by atoms with E-state index >= 15 is 0 Å². The molecule has 0 radical (unpaired) electrons. The zero-order chi connectivity index (χ0) is 15.2. The molecule has 2 aromatic rings. The maximum Gasteiger partial charge on any atom is 0.434 e. The smallest absolute Gasteiger partial charge is 0.361 e. The molecule has 1 heterocycles. The van der Waals surface area contributed by atoms with Crippen molar-refractivity contribution in [3.63, 3.8) is 0 Å². The highest BCUT2D eigenvalue weighted by molar-refractivity contribution is 5.84. The zero-order valence-electron chi connectivity index (χ0n) is 9.60. The summed E-state index contributed by atoms with van der Waals surface area (Å²) < 4.78 is 79.5. The number of benzene rings is 1. The van der Waals surface area contributed by atoms with Gasteiger partial charge in [-0.1, -0.05) is 18.2 Å². The van der Waals surface area contributed by atoms with Crippen molar-refractivity contribution < 1.29 is 26.3 Å². The molecule has 0 saturated heterocycles. The fourth-order valence-corrected chi connectivity index (χ4v) is 1.93. The van der Waals surface area contributed by atoms with Gasteiger partial charge in [-0.05, 0) is 6.07 Å². The van der Waals surface area contributed by atoms with Crippen LogP contribution in [0, 0.1) is 11.3 Å². The summed E-state index contributed by atoms with van der Waals surface area (Å²) in [6.45, 7) is 0. The predicted molar refractivity (Wildman–Crippen MR) is 57.7 cm³/mol. The number of aromatic amines is 1. The lowest BCUT2D eigenvalue weighted by Crippen LogP contribution is -2.51. The van der Waals surface area contributed by atoms with E-state index in [9.17, 15) is 26.3 Å². The standard InChI is InChI=1S/C12H6F6N2/c13-10(14,6-19)11(15,12(16,17)18)8-5-20-9-4-2-1-3-7(8)9/h1-5,20H. The number of hydrogen-bond donors (Lipinski definition) is 1. The molecule has 2 rings (SSSR count). The lowest BCUT2D eigenvalue weighted by molar-refractivity contribution is -0.293. The Hall–Kier alpha value is -2.17. The monoisotopic (exact) mass is 292 g/mol. The first kappa shape index (κ1) is 14.2. The molecule has 0 aliphatic heterocycles. The predicted octanol–water partition coefficient (Wildman–Crippen LogP) is 4.05. The minimum atomic E-state index is -5.95. The van der Waals surface area contributed by atoms with Crippen LogP contribution in [0.25, 0.3) is 10.9 Å². The van der Waals surface area contributed by atoms with Gasteiger partial charge in [-0.2, -0.15) is 27.2 Å². The van der Waals surface area contributed by atoms with Crippen molar-refractivity contribution in [3.8, 4) is 6.07 Å². The van der Waals surface area contributed by atoms with E-state index in [2.05, 4.69) is 4.98 Å². The summed E-state index contributed by atoms with van der Waals surface area (Å²) >= 11 is 0. The minimum absolute atomic E-state index is 0.0579. The van der Waals surface area contributed by atoms with Crippen LogP contribution in [-0.4, -0.2) is 17.1 Å². The van der Waals surface area contributed by atoms with Gasteiger partial charge < -0.3 is 4.98 Å². The summed E-state index contributed by atoms with van der Waals surface area (Å²) in [6.07, 6.45) is -5.44. The second-order valence-corrected chi connectivity index (χ2v) is 4.09. The summed E-state index contributed by atoms with van der Waals surface area (Å²) in [7, 11) is 0. The lowest BCUT2D eigenvalue weighted by Gasteiger charge is -2.30. The molecular weight excluding hydrogens is 286 g/mol. The van der Waals surface area contributed by atoms with Crippen LogP contribution in [0.4, 0.5) is 26.3 Å². The first-order chi connectivity index (χ1) is 9.15. The average molecular weight is 292 g/mol. The van der Waals surface area contributed by atoms with Crippen molar-refractivity contribution in [2.24, 2.45) is 0 Å². The summed E-state index contributed by atoms with van der Waals surface area (Å²) in [5.41, 5.74) is -6.34. The van der Waals surface area contributed by atoms with Crippen LogP contribution < -0.4 is 0 Å². The largest absolute Gasteiger partial charge is 0.434 e. The summed E-state index contributed by atoms with van der Waals surface area (Å²) in [5.74, 6) is -5.25. The zero-order valence-corrected chi connectivity index (χ0v) is 9.60. The SMILES string of the molecule is N#CC(F)(F)C(F)(c1c[nH]c2ccccc12)C(F)(F)F. The van der Waals surface area contributed by atoms with Gasteiger partial charge in [0.25, 0.3) is 0 Å². The van der Waals surface area contributed by atoms with E-state index in [0.717, 1.165) is 6.07 Å². The lowest BCUT2D eigenvalue weighted by atomic mass is 9.88. The number of fused-ring (bicyclic) bond motifs is 1. The second-order valence-electron chi connectivity index (χ2n) is 4.09. The van der Waals surface area contributed by atoms with E-state index in [1.807, 2.05) is 0 Å². The Morgan fingerprint density at radius 2 is 1.60 bits per heavy atom. The van der Waals surface area contributed by atoms with Gasteiger partial charge in [-0.3, -0.25) is 0 Å². The molecule has 0 fully saturated rings. The van der Waals surface area contributed by atoms with Crippen molar-refractivity contribution in [2.75, 3.05) is 0 Å². The van der Waals surface area contributed by atoms with E-state index in [0.29, 0.717) is 6.20 Å². The van der Waals surface area contributed by atoms with Gasteiger partial charge in [-0.15, -0.1) is 0 Å². The topological polar surface area (TPSA) is 39.6 Å². The summed E-state index contributed by atoms with van der Waals surface area (Å²) in [5, 5.41) is 7.85. The third kappa shape index (κ3) is 1.73. The molecule has 0 bridgehead atoms. The molecule has 106 valence electrons. The van der Waals surface area contributed by atoms with Gasteiger partial charge in [0, 0.05) is 22.7 Å². The van der Waals surface area contributed by atoms with Crippen LogP contribution in [0.15, 0.2) is 30.5 Å². The first-order valence-electron chi connectivity index (χ1n) is 5.26. The van der Waals surface area contributed by atoms with Crippen LogP contribution in [0.2, 0.25) is 0 Å². The van der Waals surface area contributed by atoms with Crippen molar-refractivity contribution in [1.82, 2.24) is 4.98 Å². The number of aromatic nitrogens is 1. The number of para-hydroxylation sites is 1. The fraction of sp³-hybridized carbons (Fsp3) is 0.250. The van der Waals surface area contributed by atoms with Gasteiger partial charge in [0.15, 0.2) is 0 Å². The molecule has 1 aromatic heterocycles. The maximum atomic E-state index is 14.3. The summed E-state index contributed by atoms with van der Waals surface area (Å²) in [6, 6.07) is 5.19. The summed E-state index contributed by atoms with van der Waals surface area (Å²) in [4.78, 5) is 2.28. The van der Waals surface area contributed by atoms with Gasteiger partial charge in [0.05, 0.1) is 0 Å². The molecule has 0 saturated carbocycles. The number of nitrogens with one attached hydrogen (secondary N) is 1. The van der Waals surface area contributed by atoms with E-state index in [1.54, 1.807) is 0 Å². The highest BCUT2D eigenvalue weighted by Crippen LogP contribution is 2.53. The normalized spacial score (nSPS) is 15.8. The number of H-pyrrole nitrogens is 1. The molecule has 20 heavy (non-hydrogen) atoms. The van der Waals surface area contributed by atoms with Gasteiger partial charge in [-0.25, -0.2) is 4.39 Å². The van der Waals surface area contributed by atoms with Crippen LogP contribution in [0.3, 0.4) is 0 Å². The first-order valence-corrected chi connectivity index (χ1v) is 5.26. The third-order valence-corrected chi connectivity index (χ3v) is 2.92. The number of alkyl halides is 6. The molecule has 1 N–H and O–H groups in total. The van der Waals surface area contributed by atoms with E-state index in [-0.39, 0.29) is 17.0 Å². The quantitative estimate of drug-likeness (QED) is 0.833. The fourth-order valence-electron chi connectivity index (χ4n) is 1.93. The van der Waals surface area contributed by atoms with E-state index < -0.39 is 23.3 Å². The second kappa shape index (κ2) is 4.16. The highest BCUT2D eigenvalue weighted by Gasteiger charge is 2.73. The molecule has 8 heteroatoms. The Morgan fingerprint density at radius 3 is 2.15 bits per heavy atom. The van der Waals surface area contributed by atoms with Crippen LogP contribution in [0.1, 0.15) is 5.56 Å². The van der Waals surface area contributed by atoms with Crippen molar-refractivity contribution in [2.45, 2.75) is 17.8 Å². The minimum Gasteiger partial charge on any atom is -0.361 e. The van der Waals surface area contributed by atoms with Gasteiger partial charge >= 0.3 is 17.8 Å². The van der Waals surface area contributed by atoms with Gasteiger partial charge in [0.2, 0.25) is 0 Å². The van der Waals surface area contributed by atoms with E-state index in [1.165, 1.54) is 18.2 Å². The number of nitrogens with zero attached hydrogens (tertiary/aromatic N) is 1. The molecule has 1 unspecified atom stereocenters. The van der Waals surface area contributed by atoms with Crippen LogP contribution >= 0.6 is 0 Å². The molecule has 1 atom stereocenters. The molecule has 0 aliphatic carbocycles. The Balaban J connectivity index is 2.81. The van der Waals surface area contributed by atoms with Crippen molar-refractivity contribution in [3.05, 3.63) is 36.0 Å². The number of nitriles is 1. The molecule has 0 amide bonds. The molecule has 0 spiro atoms. The maximum absolute atomic E-state index is 14.3. The third-order valence-electron chi connectivity index (χ3n) is 2.92. The molecule has 1 aromatic carbocycles. The van der Waals surface area contributed by atoms with Crippen LogP contribution in [0.5, 0.6) is 0 Å². The Labute approximate surface area is 108 Å². The Morgan fingerprint density at radius 1 is 1.00 bits per heavy atom. The Bertz CT molecular complexity index is 681. The average Bonchev–Trinajstić information content (AvgIpc) is 2.80. The Kier molecular flexibility index (Phi) is 2.96. The highest BCUT2D eigenvalue weighted by atomic mass is 19.4. The van der Waals surface area contributed by atoms with Crippen molar-refractivity contribution in [1.29, 1.82) is 5.26 Å². The number of hydrogen-bond acceptors (Lipinski definition) is 1. The van der Waals surface area contributed by atoms with Crippen LogP contribution in [-0.2, 0) is 5.67 Å². The number of halogens is 6.